The van der Waals surface area contributed by atoms with Gasteiger partial charge in [0.25, 0.3) is 0 Å². The number of unbranched alkanes of at least 4 members (excludes halogenated alkanes) is 1. The normalized spacial score (nSPS) is 12.6. The van der Waals surface area contributed by atoms with Crippen molar-refractivity contribution >= 4 is 0 Å². The number of hydrogen-bond acceptors (Lipinski definition) is 4. The second-order valence-electron chi connectivity index (χ2n) is 4.18. The molecule has 128 valence electrons. The molecule has 0 rings (SSSR count). The van der Waals surface area contributed by atoms with Crippen LogP contribution in [-0.4, -0.2) is 50.9 Å². The van der Waals surface area contributed by atoms with Gasteiger partial charge in [-0.2, -0.15) is 0 Å². The van der Waals surface area contributed by atoms with Gasteiger partial charge in [-0.3, -0.25) is 0 Å². The first-order valence-electron chi connectivity index (χ1n) is 6.60. The zero-order chi connectivity index (χ0) is 12.9. The van der Waals surface area contributed by atoms with Gasteiger partial charge in [0, 0.05) is 20.3 Å². The van der Waals surface area contributed by atoms with Crippen LogP contribution in [0.5, 0.6) is 0 Å². The maximum absolute atomic E-state index is 9.25. The fourth-order valence-electron chi connectivity index (χ4n) is 1.31. The molecule has 0 radical (unpaired) electrons. The van der Waals surface area contributed by atoms with Gasteiger partial charge in [-0.15, -0.1) is 0 Å². The van der Waals surface area contributed by atoms with Crippen molar-refractivity contribution in [3.8, 4) is 0 Å². The first kappa shape index (κ1) is 28.1. The highest BCUT2D eigenvalue weighted by atomic mass is 16.5. The largest absolute Gasteiger partial charge is 0.391 e. The lowest BCUT2D eigenvalue weighted by molar-refractivity contribution is 0.00162. The summed E-state index contributed by atoms with van der Waals surface area (Å²) in [6, 6.07) is 0. The third-order valence-electron chi connectivity index (χ3n) is 2.70. The topological polar surface area (TPSA) is 47.9 Å². The molecule has 0 fully saturated rings. The van der Waals surface area contributed by atoms with Crippen molar-refractivity contribution < 1.29 is 19.3 Å². The zero-order valence-electron chi connectivity index (χ0n) is 11.5. The van der Waals surface area contributed by atoms with Crippen LogP contribution in [0, 0.1) is 0 Å². The number of rotatable bonds is 12. The monoisotopic (exact) mass is 296 g/mol. The standard InChI is InChI=1S/C13H28O4.3CH4/c1-4-12(14)10-16-8-6-7-9-17-11-13(5-2)15-3;;;/h12-14H,4-11H2,1-3H3;3*1H4. The summed E-state index contributed by atoms with van der Waals surface area (Å²) in [5.41, 5.74) is 0. The number of methoxy groups -OCH3 is 1. The van der Waals surface area contributed by atoms with E-state index >= 15 is 0 Å². The maximum atomic E-state index is 9.25. The fraction of sp³-hybridized carbons (Fsp3) is 1.00. The van der Waals surface area contributed by atoms with Gasteiger partial charge >= 0.3 is 0 Å². The van der Waals surface area contributed by atoms with Gasteiger partial charge in [0.2, 0.25) is 0 Å². The van der Waals surface area contributed by atoms with Crippen LogP contribution in [0.25, 0.3) is 0 Å². The maximum Gasteiger partial charge on any atom is 0.0802 e. The summed E-state index contributed by atoms with van der Waals surface area (Å²) in [6.45, 7) is 6.59. The summed E-state index contributed by atoms with van der Waals surface area (Å²) in [4.78, 5) is 0. The highest BCUT2D eigenvalue weighted by molar-refractivity contribution is 4.52. The van der Waals surface area contributed by atoms with E-state index in [1.807, 2.05) is 6.92 Å². The van der Waals surface area contributed by atoms with Crippen molar-refractivity contribution in [3.05, 3.63) is 0 Å². The molecule has 0 aliphatic rings. The molecule has 2 unspecified atom stereocenters. The van der Waals surface area contributed by atoms with Gasteiger partial charge in [0.1, 0.15) is 0 Å². The summed E-state index contributed by atoms with van der Waals surface area (Å²) in [5, 5.41) is 9.25. The number of hydrogen-bond donors (Lipinski definition) is 1. The minimum Gasteiger partial charge on any atom is -0.391 e. The summed E-state index contributed by atoms with van der Waals surface area (Å²) < 4.78 is 16.0. The predicted octanol–water partition coefficient (Wildman–Crippen LogP) is 3.90. The Kier molecular flexibility index (Phi) is 29.7. The lowest BCUT2D eigenvalue weighted by atomic mass is 10.3. The Labute approximate surface area is 127 Å². The third kappa shape index (κ3) is 17.8. The molecule has 0 bridgehead atoms. The molecule has 0 saturated carbocycles. The lowest BCUT2D eigenvalue weighted by Gasteiger charge is -2.13. The van der Waals surface area contributed by atoms with Crippen LogP contribution in [0.2, 0.25) is 0 Å². The Balaban J connectivity index is -0.000000427. The zero-order valence-corrected chi connectivity index (χ0v) is 11.5. The molecule has 0 aromatic heterocycles. The van der Waals surface area contributed by atoms with Crippen molar-refractivity contribution in [1.29, 1.82) is 0 Å². The molecule has 0 aliphatic carbocycles. The molecule has 4 heteroatoms. The molecule has 0 aromatic carbocycles. The molecule has 20 heavy (non-hydrogen) atoms. The van der Waals surface area contributed by atoms with E-state index in [1.54, 1.807) is 7.11 Å². The molecule has 4 nitrogen and oxygen atoms in total. The molecule has 0 heterocycles. The Bertz CT molecular complexity index is 149. The van der Waals surface area contributed by atoms with Crippen LogP contribution in [-0.2, 0) is 14.2 Å². The summed E-state index contributed by atoms with van der Waals surface area (Å²) >= 11 is 0. The SMILES string of the molecule is C.C.C.CCC(O)COCCCCOCC(CC)OC. The average molecular weight is 296 g/mol. The first-order chi connectivity index (χ1) is 8.24. The Hall–Kier alpha value is -0.160. The highest BCUT2D eigenvalue weighted by Gasteiger charge is 2.03. The Morgan fingerprint density at radius 1 is 0.850 bits per heavy atom. The van der Waals surface area contributed by atoms with Gasteiger partial charge < -0.3 is 19.3 Å². The summed E-state index contributed by atoms with van der Waals surface area (Å²) in [5.74, 6) is 0. The van der Waals surface area contributed by atoms with E-state index in [0.29, 0.717) is 19.8 Å². The van der Waals surface area contributed by atoms with Crippen LogP contribution in [0.1, 0.15) is 61.8 Å². The van der Waals surface area contributed by atoms with E-state index in [-0.39, 0.29) is 34.5 Å². The Morgan fingerprint density at radius 3 is 1.75 bits per heavy atom. The van der Waals surface area contributed by atoms with Crippen LogP contribution in [0.4, 0.5) is 0 Å². The number of aliphatic hydroxyl groups is 1. The van der Waals surface area contributed by atoms with Crippen molar-refractivity contribution in [1.82, 2.24) is 0 Å². The first-order valence-corrected chi connectivity index (χ1v) is 6.60. The average Bonchev–Trinajstić information content (AvgIpc) is 2.36. The van der Waals surface area contributed by atoms with Crippen molar-refractivity contribution in [3.63, 3.8) is 0 Å². The Morgan fingerprint density at radius 2 is 1.35 bits per heavy atom. The molecular weight excluding hydrogens is 256 g/mol. The van der Waals surface area contributed by atoms with Gasteiger partial charge in [-0.05, 0) is 25.7 Å². The van der Waals surface area contributed by atoms with Gasteiger partial charge in [-0.25, -0.2) is 0 Å². The van der Waals surface area contributed by atoms with Gasteiger partial charge in [0.05, 0.1) is 25.4 Å². The second kappa shape index (κ2) is 21.1. The van der Waals surface area contributed by atoms with E-state index in [4.69, 9.17) is 14.2 Å². The number of ether oxygens (including phenoxy) is 3. The minimum absolute atomic E-state index is 0. The molecule has 0 saturated heterocycles. The summed E-state index contributed by atoms with van der Waals surface area (Å²) in [7, 11) is 1.71. The van der Waals surface area contributed by atoms with Crippen molar-refractivity contribution in [2.75, 3.05) is 33.5 Å². The van der Waals surface area contributed by atoms with E-state index in [1.165, 1.54) is 0 Å². The van der Waals surface area contributed by atoms with Crippen LogP contribution >= 0.6 is 0 Å². The summed E-state index contributed by atoms with van der Waals surface area (Å²) in [6.07, 6.45) is 3.58. The quantitative estimate of drug-likeness (QED) is 0.555. The molecule has 1 N–H and O–H groups in total. The molecule has 0 amide bonds. The van der Waals surface area contributed by atoms with Crippen LogP contribution in [0.3, 0.4) is 0 Å². The third-order valence-corrected chi connectivity index (χ3v) is 2.70. The van der Waals surface area contributed by atoms with Crippen molar-refractivity contribution in [2.24, 2.45) is 0 Å². The minimum atomic E-state index is -0.321. The van der Waals surface area contributed by atoms with E-state index in [2.05, 4.69) is 6.92 Å². The predicted molar refractivity (Wildman–Crippen MR) is 88.5 cm³/mol. The smallest absolute Gasteiger partial charge is 0.0802 e. The lowest BCUT2D eigenvalue weighted by Crippen LogP contribution is -2.17. The second-order valence-corrected chi connectivity index (χ2v) is 4.18. The van der Waals surface area contributed by atoms with Gasteiger partial charge in [0.15, 0.2) is 0 Å². The fourth-order valence-corrected chi connectivity index (χ4v) is 1.31. The van der Waals surface area contributed by atoms with Crippen LogP contribution < -0.4 is 0 Å². The molecule has 0 aromatic rings. The highest BCUT2D eigenvalue weighted by Crippen LogP contribution is 1.99. The van der Waals surface area contributed by atoms with Gasteiger partial charge in [-0.1, -0.05) is 36.1 Å². The molecule has 0 aliphatic heterocycles. The van der Waals surface area contributed by atoms with E-state index in [9.17, 15) is 5.11 Å². The van der Waals surface area contributed by atoms with Crippen LogP contribution in [0.15, 0.2) is 0 Å². The molecule has 2 atom stereocenters. The number of aliphatic hydroxyl groups excluding tert-OH is 1. The van der Waals surface area contributed by atoms with E-state index in [0.717, 1.165) is 32.3 Å². The van der Waals surface area contributed by atoms with Crippen molar-refractivity contribution in [2.45, 2.75) is 74.0 Å². The van der Waals surface area contributed by atoms with E-state index < -0.39 is 0 Å². The molecular formula is C16H40O4. The molecule has 0 spiro atoms.